The van der Waals surface area contributed by atoms with E-state index in [1.807, 2.05) is 26.0 Å². The Labute approximate surface area is 224 Å². The van der Waals surface area contributed by atoms with Crippen molar-refractivity contribution < 1.29 is 23.8 Å². The zero-order valence-electron chi connectivity index (χ0n) is 22.9. The maximum Gasteiger partial charge on any atom is 0.335 e. The van der Waals surface area contributed by atoms with Crippen molar-refractivity contribution >= 4 is 17.8 Å². The quantitative estimate of drug-likeness (QED) is 0.256. The summed E-state index contributed by atoms with van der Waals surface area (Å²) in [6, 6.07) is 16.5. The maximum atomic E-state index is 13.6. The van der Waals surface area contributed by atoms with Crippen molar-refractivity contribution in [1.29, 1.82) is 0 Å². The van der Waals surface area contributed by atoms with Crippen molar-refractivity contribution in [2.45, 2.75) is 70.8 Å². The molecule has 0 atom stereocenters. The Morgan fingerprint density at radius 1 is 0.895 bits per heavy atom. The summed E-state index contributed by atoms with van der Waals surface area (Å²) in [5, 5.41) is 9.11. The predicted molar refractivity (Wildman–Crippen MR) is 149 cm³/mol. The van der Waals surface area contributed by atoms with E-state index in [9.17, 15) is 14.0 Å². The molecule has 0 radical (unpaired) electrons. The molecule has 198 valence electrons. The van der Waals surface area contributed by atoms with Crippen molar-refractivity contribution in [1.82, 2.24) is 0 Å². The average Bonchev–Trinajstić information content (AvgIpc) is 2.85. The van der Waals surface area contributed by atoms with E-state index in [-0.39, 0.29) is 28.0 Å². The van der Waals surface area contributed by atoms with Gasteiger partial charge < -0.3 is 9.84 Å². The van der Waals surface area contributed by atoms with E-state index in [1.165, 1.54) is 30.3 Å². The Balaban J connectivity index is 1.77. The van der Waals surface area contributed by atoms with Crippen LogP contribution in [0.25, 0.3) is 6.08 Å². The number of hydrogen-bond acceptors (Lipinski definition) is 3. The van der Waals surface area contributed by atoms with Gasteiger partial charge in [0.05, 0.1) is 5.56 Å². The van der Waals surface area contributed by atoms with Gasteiger partial charge in [-0.2, -0.15) is 0 Å². The van der Waals surface area contributed by atoms with E-state index in [0.29, 0.717) is 11.3 Å². The van der Waals surface area contributed by atoms with Crippen molar-refractivity contribution in [2.75, 3.05) is 0 Å². The van der Waals surface area contributed by atoms with Gasteiger partial charge in [-0.25, -0.2) is 9.18 Å². The second-order valence-electron chi connectivity index (χ2n) is 11.9. The smallest absolute Gasteiger partial charge is 0.335 e. The van der Waals surface area contributed by atoms with Gasteiger partial charge in [0.2, 0.25) is 0 Å². The van der Waals surface area contributed by atoms with E-state index in [2.05, 4.69) is 27.7 Å². The highest BCUT2D eigenvalue weighted by molar-refractivity contribution is 6.07. The number of halogens is 1. The molecule has 0 amide bonds. The predicted octanol–water partition coefficient (Wildman–Crippen LogP) is 8.08. The lowest BCUT2D eigenvalue weighted by atomic mass is 9.62. The number of carbonyl (C=O) groups excluding carboxylic acids is 1. The minimum atomic E-state index is -0.993. The molecule has 3 aromatic carbocycles. The summed E-state index contributed by atoms with van der Waals surface area (Å²) in [6.07, 6.45) is 5.16. The topological polar surface area (TPSA) is 63.6 Å². The summed E-state index contributed by atoms with van der Waals surface area (Å²) >= 11 is 0. The number of carbonyl (C=O) groups is 2. The molecule has 1 aliphatic rings. The van der Waals surface area contributed by atoms with Gasteiger partial charge in [-0.05, 0) is 96.7 Å². The first kappa shape index (κ1) is 27.3. The highest BCUT2D eigenvalue weighted by Crippen LogP contribution is 2.51. The second kappa shape index (κ2) is 9.86. The molecule has 0 bridgehead atoms. The molecule has 1 N–H and O–H groups in total. The lowest BCUT2D eigenvalue weighted by molar-refractivity contribution is 0.0696. The number of benzene rings is 3. The molecular formula is C33H35FO4. The summed E-state index contributed by atoms with van der Waals surface area (Å²) in [5.41, 5.74) is 3.44. The highest BCUT2D eigenvalue weighted by atomic mass is 19.1. The van der Waals surface area contributed by atoms with Gasteiger partial charge in [0.1, 0.15) is 17.2 Å². The van der Waals surface area contributed by atoms with Crippen LogP contribution in [-0.2, 0) is 16.4 Å². The number of ketones is 1. The number of rotatable bonds is 7. The molecule has 0 fully saturated rings. The van der Waals surface area contributed by atoms with Crippen molar-refractivity contribution in [3.8, 4) is 5.75 Å². The number of aromatic carboxylic acids is 1. The Morgan fingerprint density at radius 3 is 2.11 bits per heavy atom. The largest absolute Gasteiger partial charge is 0.483 e. The molecule has 0 unspecified atom stereocenters. The number of carboxylic acid groups (broad SMARTS) is 1. The molecule has 0 saturated heterocycles. The molecule has 0 spiro atoms. The summed E-state index contributed by atoms with van der Waals surface area (Å²) in [6.45, 7) is 12.7. The van der Waals surface area contributed by atoms with E-state index < -0.39 is 11.6 Å². The van der Waals surface area contributed by atoms with Gasteiger partial charge in [-0.3, -0.25) is 4.79 Å². The molecule has 0 aliphatic heterocycles. The Hall–Kier alpha value is -3.73. The van der Waals surface area contributed by atoms with Crippen molar-refractivity contribution in [2.24, 2.45) is 0 Å². The molecule has 0 saturated carbocycles. The van der Waals surface area contributed by atoms with Crippen LogP contribution in [0, 0.1) is 5.82 Å². The average molecular weight is 515 g/mol. The first-order chi connectivity index (χ1) is 17.7. The fourth-order valence-corrected chi connectivity index (χ4v) is 5.14. The van der Waals surface area contributed by atoms with Crippen LogP contribution in [0.4, 0.5) is 4.39 Å². The third-order valence-electron chi connectivity index (χ3n) is 7.66. The molecule has 38 heavy (non-hydrogen) atoms. The third-order valence-corrected chi connectivity index (χ3v) is 7.66. The second-order valence-corrected chi connectivity index (χ2v) is 11.9. The van der Waals surface area contributed by atoms with Gasteiger partial charge in [0, 0.05) is 11.1 Å². The molecule has 5 heteroatoms. The van der Waals surface area contributed by atoms with Crippen LogP contribution in [0.1, 0.15) is 97.4 Å². The van der Waals surface area contributed by atoms with Gasteiger partial charge in [-0.1, -0.05) is 58.0 Å². The monoisotopic (exact) mass is 514 g/mol. The normalized spacial score (nSPS) is 16.2. The molecule has 4 rings (SSSR count). The Bertz CT molecular complexity index is 1390. The Kier molecular flexibility index (Phi) is 7.09. The molecule has 1 aliphatic carbocycles. The first-order valence-corrected chi connectivity index (χ1v) is 12.9. The lowest BCUT2D eigenvalue weighted by Gasteiger charge is -2.44. The van der Waals surface area contributed by atoms with Crippen LogP contribution in [0.2, 0.25) is 0 Å². The third kappa shape index (κ3) is 5.57. The van der Waals surface area contributed by atoms with E-state index in [0.717, 1.165) is 35.1 Å². The molecule has 0 aromatic heterocycles. The summed E-state index contributed by atoms with van der Waals surface area (Å²) in [7, 11) is 0. The van der Waals surface area contributed by atoms with Gasteiger partial charge >= 0.3 is 5.97 Å². The molecule has 3 aromatic rings. The molecule has 0 heterocycles. The van der Waals surface area contributed by atoms with Crippen LogP contribution in [0.15, 0.2) is 66.7 Å². The lowest BCUT2D eigenvalue weighted by Crippen LogP contribution is -2.36. The summed E-state index contributed by atoms with van der Waals surface area (Å²) in [4.78, 5) is 24.5. The van der Waals surface area contributed by atoms with E-state index >= 15 is 0 Å². The fraction of sp³-hybridized carbons (Fsp3) is 0.333. The van der Waals surface area contributed by atoms with Crippen molar-refractivity contribution in [3.05, 3.63) is 106 Å². The van der Waals surface area contributed by atoms with Gasteiger partial charge in [0.25, 0.3) is 0 Å². The number of fused-ring (bicyclic) bond motifs is 1. The standard InChI is InChI=1S/C33H35FO4/c1-31(2)17-18-32(3,4)29-26(31)19-23(27(35)16-9-21-7-10-22(11-8-21)30(36)37)20-28(29)38-33(5,6)24-12-14-25(34)15-13-24/h7-16,19-20H,17-18H2,1-6H3,(H,36,37)/b16-9+. The molecular weight excluding hydrogens is 479 g/mol. The fourth-order valence-electron chi connectivity index (χ4n) is 5.14. The highest BCUT2D eigenvalue weighted by Gasteiger charge is 2.41. The minimum absolute atomic E-state index is 0.143. The van der Waals surface area contributed by atoms with Crippen LogP contribution in [0.3, 0.4) is 0 Å². The zero-order chi connectivity index (χ0) is 27.9. The van der Waals surface area contributed by atoms with Crippen LogP contribution in [0.5, 0.6) is 5.75 Å². The van der Waals surface area contributed by atoms with Crippen LogP contribution in [-0.4, -0.2) is 16.9 Å². The first-order valence-electron chi connectivity index (χ1n) is 12.9. The van der Waals surface area contributed by atoms with Crippen LogP contribution < -0.4 is 4.74 Å². The number of allylic oxidation sites excluding steroid dienone is 1. The summed E-state index contributed by atoms with van der Waals surface area (Å²) < 4.78 is 20.3. The Morgan fingerprint density at radius 2 is 1.50 bits per heavy atom. The van der Waals surface area contributed by atoms with Gasteiger partial charge in [0.15, 0.2) is 5.78 Å². The number of carboxylic acids is 1. The van der Waals surface area contributed by atoms with E-state index in [1.54, 1.807) is 30.3 Å². The minimum Gasteiger partial charge on any atom is -0.483 e. The van der Waals surface area contributed by atoms with Crippen LogP contribution >= 0.6 is 0 Å². The SMILES string of the molecule is CC1(C)CCC(C)(C)c2c(OC(C)(C)c3ccc(F)cc3)cc(C(=O)/C=C/c3ccc(C(=O)O)cc3)cc21. The maximum absolute atomic E-state index is 13.6. The number of hydrogen-bond donors (Lipinski definition) is 1. The zero-order valence-corrected chi connectivity index (χ0v) is 22.9. The van der Waals surface area contributed by atoms with Crippen molar-refractivity contribution in [3.63, 3.8) is 0 Å². The van der Waals surface area contributed by atoms with E-state index in [4.69, 9.17) is 9.84 Å². The van der Waals surface area contributed by atoms with Gasteiger partial charge in [-0.15, -0.1) is 0 Å². The summed E-state index contributed by atoms with van der Waals surface area (Å²) in [5.74, 6) is -0.801. The molecule has 4 nitrogen and oxygen atoms in total. The number of ether oxygens (including phenoxy) is 1.